The van der Waals surface area contributed by atoms with Gasteiger partial charge in [0.25, 0.3) is 5.91 Å². The summed E-state index contributed by atoms with van der Waals surface area (Å²) < 4.78 is 6.05. The number of rotatable bonds is 3. The van der Waals surface area contributed by atoms with Crippen LogP contribution in [0, 0.1) is 5.92 Å². The highest BCUT2D eigenvalue weighted by Gasteiger charge is 2.35. The quantitative estimate of drug-likeness (QED) is 0.908. The number of carbonyl (C=O) groups excluding carboxylic acids is 1. The van der Waals surface area contributed by atoms with Crippen LogP contribution in [0.1, 0.15) is 9.67 Å². The number of carboxylic acid groups (broad SMARTS) is 1. The molecule has 2 heterocycles. The molecule has 1 amide bonds. The van der Waals surface area contributed by atoms with Crippen molar-refractivity contribution in [2.24, 2.45) is 5.92 Å². The van der Waals surface area contributed by atoms with Gasteiger partial charge in [-0.25, -0.2) is 0 Å². The van der Waals surface area contributed by atoms with Gasteiger partial charge in [-0.2, -0.15) is 0 Å². The summed E-state index contributed by atoms with van der Waals surface area (Å²) in [5.41, 5.74) is 0. The average molecular weight is 326 g/mol. The van der Waals surface area contributed by atoms with Crippen molar-refractivity contribution in [3.05, 3.63) is 34.2 Å². The van der Waals surface area contributed by atoms with Crippen molar-refractivity contribution in [2.45, 2.75) is 6.04 Å². The molecule has 0 bridgehead atoms. The van der Waals surface area contributed by atoms with E-state index in [2.05, 4.69) is 5.32 Å². The van der Waals surface area contributed by atoms with Gasteiger partial charge >= 0.3 is 5.97 Å². The van der Waals surface area contributed by atoms with E-state index in [1.807, 2.05) is 24.3 Å². The molecule has 1 aromatic heterocycles. The first kappa shape index (κ1) is 14.3. The number of carboxylic acids is 1. The van der Waals surface area contributed by atoms with Crippen molar-refractivity contribution in [1.82, 2.24) is 5.32 Å². The molecule has 1 fully saturated rings. The maximum atomic E-state index is 12.3. The lowest BCUT2D eigenvalue weighted by Gasteiger charge is -2.15. The van der Waals surface area contributed by atoms with Crippen molar-refractivity contribution in [2.75, 3.05) is 13.2 Å². The fraction of sp³-hybridized carbons (Fsp3) is 0.286. The molecular weight excluding hydrogens is 314 g/mol. The molecule has 2 aromatic rings. The van der Waals surface area contributed by atoms with Crippen molar-refractivity contribution < 1.29 is 19.4 Å². The second-order valence-corrected chi connectivity index (χ2v) is 6.23. The fourth-order valence-electron chi connectivity index (χ4n) is 2.33. The lowest BCUT2D eigenvalue weighted by Crippen LogP contribution is -2.42. The van der Waals surface area contributed by atoms with Crippen LogP contribution < -0.4 is 5.32 Å². The van der Waals surface area contributed by atoms with Crippen LogP contribution in [0.15, 0.2) is 24.3 Å². The number of halogens is 1. The molecule has 5 nitrogen and oxygen atoms in total. The SMILES string of the molecule is O=C(NC1COCC1C(=O)O)c1sc2ccccc2c1Cl. The first-order valence-electron chi connectivity index (χ1n) is 6.36. The number of hydrogen-bond acceptors (Lipinski definition) is 4. The number of hydrogen-bond donors (Lipinski definition) is 2. The molecule has 0 radical (unpaired) electrons. The standard InChI is InChI=1S/C14H12ClNO4S/c15-11-7-3-1-2-4-10(7)21-12(11)13(17)16-9-6-20-5-8(9)14(18)19/h1-4,8-9H,5-6H2,(H,16,17)(H,18,19). The van der Waals surface area contributed by atoms with E-state index in [1.165, 1.54) is 11.3 Å². The molecule has 21 heavy (non-hydrogen) atoms. The van der Waals surface area contributed by atoms with Crippen LogP contribution in [-0.2, 0) is 9.53 Å². The summed E-state index contributed by atoms with van der Waals surface area (Å²) >= 11 is 7.53. The normalized spacial score (nSPS) is 21.6. The van der Waals surface area contributed by atoms with E-state index in [4.69, 9.17) is 21.4 Å². The second-order valence-electron chi connectivity index (χ2n) is 4.80. The minimum absolute atomic E-state index is 0.112. The summed E-state index contributed by atoms with van der Waals surface area (Å²) in [6.07, 6.45) is 0. The van der Waals surface area contributed by atoms with E-state index >= 15 is 0 Å². The number of carbonyl (C=O) groups is 2. The van der Waals surface area contributed by atoms with Crippen LogP contribution in [-0.4, -0.2) is 36.2 Å². The minimum atomic E-state index is -0.972. The summed E-state index contributed by atoms with van der Waals surface area (Å²) in [5.74, 6) is -2.05. The Labute approximate surface area is 129 Å². The van der Waals surface area contributed by atoms with Gasteiger partial charge in [0.15, 0.2) is 0 Å². The number of benzene rings is 1. The number of nitrogens with one attached hydrogen (secondary N) is 1. The molecule has 110 valence electrons. The number of thiophene rings is 1. The van der Waals surface area contributed by atoms with E-state index in [9.17, 15) is 9.59 Å². The topological polar surface area (TPSA) is 75.6 Å². The Morgan fingerprint density at radius 1 is 1.33 bits per heavy atom. The van der Waals surface area contributed by atoms with Gasteiger partial charge in [0.1, 0.15) is 10.8 Å². The Morgan fingerprint density at radius 2 is 2.10 bits per heavy atom. The van der Waals surface area contributed by atoms with Gasteiger partial charge in [0.05, 0.1) is 24.3 Å². The van der Waals surface area contributed by atoms with Crippen LogP contribution in [0.2, 0.25) is 5.02 Å². The monoisotopic (exact) mass is 325 g/mol. The van der Waals surface area contributed by atoms with Crippen LogP contribution in [0.5, 0.6) is 0 Å². The molecule has 1 aliphatic heterocycles. The lowest BCUT2D eigenvalue weighted by atomic mass is 10.0. The number of amides is 1. The van der Waals surface area contributed by atoms with E-state index < -0.39 is 17.9 Å². The highest BCUT2D eigenvalue weighted by molar-refractivity contribution is 7.21. The minimum Gasteiger partial charge on any atom is -0.481 e. The molecule has 2 unspecified atom stereocenters. The van der Waals surface area contributed by atoms with Gasteiger partial charge in [0.2, 0.25) is 0 Å². The third kappa shape index (κ3) is 2.62. The maximum absolute atomic E-state index is 12.3. The number of ether oxygens (including phenoxy) is 1. The Hall–Kier alpha value is -1.63. The zero-order valence-corrected chi connectivity index (χ0v) is 12.4. The largest absolute Gasteiger partial charge is 0.481 e. The Balaban J connectivity index is 1.84. The number of aliphatic carboxylic acids is 1. The molecule has 1 saturated heterocycles. The molecule has 0 spiro atoms. The Kier molecular flexibility index (Phi) is 3.84. The summed E-state index contributed by atoms with van der Waals surface area (Å²) in [6.45, 7) is 0.311. The maximum Gasteiger partial charge on any atom is 0.311 e. The number of fused-ring (bicyclic) bond motifs is 1. The van der Waals surface area contributed by atoms with E-state index in [1.54, 1.807) is 0 Å². The summed E-state index contributed by atoms with van der Waals surface area (Å²) in [4.78, 5) is 23.8. The molecule has 3 rings (SSSR count). The Morgan fingerprint density at radius 3 is 2.81 bits per heavy atom. The fourth-order valence-corrected chi connectivity index (χ4v) is 3.75. The molecule has 2 N–H and O–H groups in total. The van der Waals surface area contributed by atoms with Gasteiger partial charge in [0, 0.05) is 10.1 Å². The smallest absolute Gasteiger partial charge is 0.311 e. The third-order valence-electron chi connectivity index (χ3n) is 3.46. The van der Waals surface area contributed by atoms with Crippen molar-refractivity contribution in [3.8, 4) is 0 Å². The van der Waals surface area contributed by atoms with E-state index in [0.717, 1.165) is 10.1 Å². The molecule has 1 aliphatic rings. The highest BCUT2D eigenvalue weighted by atomic mass is 35.5. The van der Waals surface area contributed by atoms with E-state index in [0.29, 0.717) is 9.90 Å². The summed E-state index contributed by atoms with van der Waals surface area (Å²) in [7, 11) is 0. The highest BCUT2D eigenvalue weighted by Crippen LogP contribution is 2.35. The summed E-state index contributed by atoms with van der Waals surface area (Å²) in [6, 6.07) is 6.94. The van der Waals surface area contributed by atoms with Gasteiger partial charge in [-0.05, 0) is 6.07 Å². The van der Waals surface area contributed by atoms with Crippen LogP contribution in [0.4, 0.5) is 0 Å². The Bertz CT molecular complexity index is 714. The molecular formula is C14H12ClNO4S. The molecule has 7 heteroatoms. The van der Waals surface area contributed by atoms with Crippen molar-refractivity contribution in [3.63, 3.8) is 0 Å². The van der Waals surface area contributed by atoms with Gasteiger partial charge in [-0.15, -0.1) is 11.3 Å². The molecule has 1 aromatic carbocycles. The lowest BCUT2D eigenvalue weighted by molar-refractivity contribution is -0.142. The zero-order valence-electron chi connectivity index (χ0n) is 10.8. The second kappa shape index (κ2) is 5.63. The first-order chi connectivity index (χ1) is 10.1. The van der Waals surface area contributed by atoms with Gasteiger partial charge in [-0.3, -0.25) is 9.59 Å². The molecule has 2 atom stereocenters. The average Bonchev–Trinajstić information content (AvgIpc) is 3.04. The van der Waals surface area contributed by atoms with Crippen LogP contribution >= 0.6 is 22.9 Å². The molecule has 0 aliphatic carbocycles. The van der Waals surface area contributed by atoms with E-state index in [-0.39, 0.29) is 19.1 Å². The molecule has 0 saturated carbocycles. The predicted octanol–water partition coefficient (Wildman–Crippen LogP) is 2.38. The third-order valence-corrected chi connectivity index (χ3v) is 5.13. The van der Waals surface area contributed by atoms with Crippen LogP contribution in [0.25, 0.3) is 10.1 Å². The zero-order chi connectivity index (χ0) is 15.0. The summed E-state index contributed by atoms with van der Waals surface area (Å²) in [5, 5.41) is 13.0. The van der Waals surface area contributed by atoms with Gasteiger partial charge in [-0.1, -0.05) is 29.8 Å². The van der Waals surface area contributed by atoms with Crippen molar-refractivity contribution >= 4 is 44.9 Å². The van der Waals surface area contributed by atoms with Crippen molar-refractivity contribution in [1.29, 1.82) is 0 Å². The van der Waals surface area contributed by atoms with Gasteiger partial charge < -0.3 is 15.2 Å². The first-order valence-corrected chi connectivity index (χ1v) is 7.56. The van der Waals surface area contributed by atoms with Crippen LogP contribution in [0.3, 0.4) is 0 Å². The predicted molar refractivity (Wildman–Crippen MR) is 80.0 cm³/mol.